The van der Waals surface area contributed by atoms with E-state index in [1.807, 2.05) is 0 Å². The number of halogens is 1. The zero-order valence-electron chi connectivity index (χ0n) is 14.6. The van der Waals surface area contributed by atoms with Crippen LogP contribution in [0, 0.1) is 0 Å². The number of anilines is 2. The molecule has 1 aliphatic rings. The second-order valence-electron chi connectivity index (χ2n) is 6.22. The Morgan fingerprint density at radius 3 is 2.61 bits per heavy atom. The summed E-state index contributed by atoms with van der Waals surface area (Å²) in [5.74, 6) is -0.246. The molecule has 0 bridgehead atoms. The minimum atomic E-state index is -2.26. The van der Waals surface area contributed by atoms with Gasteiger partial charge in [-0.05, 0) is 42.5 Å². The van der Waals surface area contributed by atoms with Gasteiger partial charge < -0.3 is 20.2 Å². The molecule has 0 spiro atoms. The van der Waals surface area contributed by atoms with Crippen molar-refractivity contribution in [3.8, 4) is 0 Å². The Morgan fingerprint density at radius 1 is 1.14 bits per heavy atom. The quantitative estimate of drug-likeness (QED) is 0.628. The monoisotopic (exact) mass is 397 g/mol. The predicted molar refractivity (Wildman–Crippen MR) is 104 cm³/mol. The van der Waals surface area contributed by atoms with Crippen molar-refractivity contribution >= 4 is 34.9 Å². The Balaban J connectivity index is 1.78. The van der Waals surface area contributed by atoms with E-state index in [4.69, 9.17) is 16.0 Å². The standard InChI is InChI=1S/C20H16ClN3O4/c21-13-7-9-14(10-8-13)24-19(26)23-17-6-2-1-5-16(17)20(24,27)18(25)22-12-15-4-3-11-28-15/h1-11,27H,12H2,(H,22,25)(H,23,26). The van der Waals surface area contributed by atoms with Crippen LogP contribution in [0.1, 0.15) is 11.3 Å². The molecular weight excluding hydrogens is 382 g/mol. The van der Waals surface area contributed by atoms with Crippen LogP contribution >= 0.6 is 11.6 Å². The Bertz CT molecular complexity index is 1020. The van der Waals surface area contributed by atoms with Crippen LogP contribution in [0.2, 0.25) is 5.02 Å². The molecule has 8 heteroatoms. The molecule has 1 unspecified atom stereocenters. The first-order valence-electron chi connectivity index (χ1n) is 8.49. The molecule has 0 radical (unpaired) electrons. The average molecular weight is 398 g/mol. The lowest BCUT2D eigenvalue weighted by atomic mass is 9.95. The van der Waals surface area contributed by atoms with Crippen molar-refractivity contribution < 1.29 is 19.1 Å². The highest BCUT2D eigenvalue weighted by molar-refractivity contribution is 6.30. The number of urea groups is 1. The molecule has 0 saturated heterocycles. The lowest BCUT2D eigenvalue weighted by Gasteiger charge is -2.42. The second-order valence-corrected chi connectivity index (χ2v) is 6.66. The van der Waals surface area contributed by atoms with Gasteiger partial charge in [-0.2, -0.15) is 0 Å². The van der Waals surface area contributed by atoms with E-state index < -0.39 is 17.7 Å². The van der Waals surface area contributed by atoms with Crippen molar-refractivity contribution in [3.05, 3.63) is 83.3 Å². The highest BCUT2D eigenvalue weighted by atomic mass is 35.5. The van der Waals surface area contributed by atoms with Gasteiger partial charge in [0, 0.05) is 16.3 Å². The van der Waals surface area contributed by atoms with E-state index in [0.717, 1.165) is 4.90 Å². The molecule has 1 atom stereocenters. The molecule has 142 valence electrons. The summed E-state index contributed by atoms with van der Waals surface area (Å²) in [6.07, 6.45) is 1.49. The average Bonchev–Trinajstić information content (AvgIpc) is 3.21. The molecular formula is C20H16ClN3O4. The number of nitrogens with zero attached hydrogens (tertiary/aromatic N) is 1. The zero-order valence-corrected chi connectivity index (χ0v) is 15.3. The van der Waals surface area contributed by atoms with Crippen LogP contribution in [-0.4, -0.2) is 17.0 Å². The van der Waals surface area contributed by atoms with Gasteiger partial charge in [-0.1, -0.05) is 29.8 Å². The largest absolute Gasteiger partial charge is 0.467 e. The molecule has 2 heterocycles. The normalized spacial score (nSPS) is 18.4. The molecule has 0 fully saturated rings. The van der Waals surface area contributed by atoms with Gasteiger partial charge in [0.15, 0.2) is 0 Å². The number of rotatable bonds is 4. The Morgan fingerprint density at radius 2 is 1.89 bits per heavy atom. The van der Waals surface area contributed by atoms with E-state index in [-0.39, 0.29) is 12.1 Å². The van der Waals surface area contributed by atoms with Crippen molar-refractivity contribution in [3.63, 3.8) is 0 Å². The third-order valence-electron chi connectivity index (χ3n) is 4.48. The number of benzene rings is 2. The fraction of sp³-hybridized carbons (Fsp3) is 0.100. The van der Waals surface area contributed by atoms with Crippen LogP contribution in [0.3, 0.4) is 0 Å². The highest BCUT2D eigenvalue weighted by Crippen LogP contribution is 2.39. The molecule has 0 aliphatic carbocycles. The van der Waals surface area contributed by atoms with Crippen LogP contribution in [0.15, 0.2) is 71.3 Å². The molecule has 4 rings (SSSR count). The van der Waals surface area contributed by atoms with E-state index >= 15 is 0 Å². The van der Waals surface area contributed by atoms with Gasteiger partial charge in [-0.25, -0.2) is 4.79 Å². The van der Waals surface area contributed by atoms with Gasteiger partial charge in [0.05, 0.1) is 18.5 Å². The summed E-state index contributed by atoms with van der Waals surface area (Å²) in [6, 6.07) is 15.6. The molecule has 3 aromatic rings. The van der Waals surface area contributed by atoms with Crippen molar-refractivity contribution in [1.82, 2.24) is 5.32 Å². The van der Waals surface area contributed by atoms with E-state index in [2.05, 4.69) is 10.6 Å². The van der Waals surface area contributed by atoms with Crippen molar-refractivity contribution in [1.29, 1.82) is 0 Å². The number of hydrogen-bond acceptors (Lipinski definition) is 4. The molecule has 28 heavy (non-hydrogen) atoms. The second kappa shape index (κ2) is 7.03. The highest BCUT2D eigenvalue weighted by Gasteiger charge is 2.51. The number of hydrogen-bond donors (Lipinski definition) is 3. The maximum atomic E-state index is 13.1. The van der Waals surface area contributed by atoms with Crippen molar-refractivity contribution in [2.45, 2.75) is 12.3 Å². The van der Waals surface area contributed by atoms with Crippen LogP contribution in [0.25, 0.3) is 0 Å². The first-order chi connectivity index (χ1) is 13.5. The molecule has 1 aromatic heterocycles. The molecule has 0 saturated carbocycles. The number of fused-ring (bicyclic) bond motifs is 1. The smallest absolute Gasteiger partial charge is 0.329 e. The van der Waals surface area contributed by atoms with Gasteiger partial charge in [0.2, 0.25) is 0 Å². The van der Waals surface area contributed by atoms with E-state index in [1.165, 1.54) is 6.26 Å². The molecule has 3 N–H and O–H groups in total. The lowest BCUT2D eigenvalue weighted by molar-refractivity contribution is -0.140. The summed E-state index contributed by atoms with van der Waals surface area (Å²) in [7, 11) is 0. The zero-order chi connectivity index (χ0) is 19.7. The summed E-state index contributed by atoms with van der Waals surface area (Å²) < 4.78 is 5.22. The van der Waals surface area contributed by atoms with E-state index in [0.29, 0.717) is 22.2 Å². The number of amides is 3. The third kappa shape index (κ3) is 3.00. The lowest BCUT2D eigenvalue weighted by Crippen LogP contribution is -2.62. The first-order valence-corrected chi connectivity index (χ1v) is 8.87. The minimum Gasteiger partial charge on any atom is -0.467 e. The van der Waals surface area contributed by atoms with E-state index in [1.54, 1.807) is 60.7 Å². The molecule has 2 aromatic carbocycles. The SMILES string of the molecule is O=C1Nc2ccccc2C(O)(C(=O)NCc2ccco2)N1c1ccc(Cl)cc1. The van der Waals surface area contributed by atoms with Crippen LogP contribution in [0.4, 0.5) is 16.2 Å². The van der Waals surface area contributed by atoms with Crippen LogP contribution in [-0.2, 0) is 17.1 Å². The number of aliphatic hydroxyl groups is 1. The minimum absolute atomic E-state index is 0.0619. The predicted octanol–water partition coefficient (Wildman–Crippen LogP) is 3.45. The number of carbonyl (C=O) groups is 2. The van der Waals surface area contributed by atoms with Crippen LogP contribution in [0.5, 0.6) is 0 Å². The Hall–Kier alpha value is -3.29. The maximum absolute atomic E-state index is 13.1. The number of nitrogens with one attached hydrogen (secondary N) is 2. The van der Waals surface area contributed by atoms with Crippen LogP contribution < -0.4 is 15.5 Å². The Labute approximate surface area is 165 Å². The fourth-order valence-electron chi connectivity index (χ4n) is 3.16. The maximum Gasteiger partial charge on any atom is 0.329 e. The summed E-state index contributed by atoms with van der Waals surface area (Å²) in [5, 5.41) is 17.4. The van der Waals surface area contributed by atoms with Crippen molar-refractivity contribution in [2.75, 3.05) is 10.2 Å². The topological polar surface area (TPSA) is 94.8 Å². The third-order valence-corrected chi connectivity index (χ3v) is 4.73. The number of furan rings is 1. The summed E-state index contributed by atoms with van der Waals surface area (Å²) in [6.45, 7) is 0.0619. The molecule has 7 nitrogen and oxygen atoms in total. The van der Waals surface area contributed by atoms with Gasteiger partial charge in [0.25, 0.3) is 11.6 Å². The molecule has 1 aliphatic heterocycles. The van der Waals surface area contributed by atoms with E-state index in [9.17, 15) is 14.7 Å². The van der Waals surface area contributed by atoms with Crippen molar-refractivity contribution in [2.24, 2.45) is 0 Å². The fourth-order valence-corrected chi connectivity index (χ4v) is 3.28. The van der Waals surface area contributed by atoms with Gasteiger partial charge >= 0.3 is 6.03 Å². The number of para-hydroxylation sites is 1. The first kappa shape index (κ1) is 18.1. The number of carbonyl (C=O) groups excluding carboxylic acids is 2. The summed E-state index contributed by atoms with van der Waals surface area (Å²) >= 11 is 5.94. The van der Waals surface area contributed by atoms with Gasteiger partial charge in [0.1, 0.15) is 5.76 Å². The summed E-state index contributed by atoms with van der Waals surface area (Å²) in [5.41, 5.74) is -1.35. The van der Waals surface area contributed by atoms with Gasteiger partial charge in [-0.3, -0.25) is 9.69 Å². The van der Waals surface area contributed by atoms with Gasteiger partial charge in [-0.15, -0.1) is 0 Å². The summed E-state index contributed by atoms with van der Waals surface area (Å²) in [4.78, 5) is 26.9. The molecule has 3 amide bonds. The Kier molecular flexibility index (Phi) is 4.54.